The van der Waals surface area contributed by atoms with Crippen LogP contribution in [0, 0.1) is 12.5 Å². The monoisotopic (exact) mass is 483 g/mol. The number of hydrogen-bond donors (Lipinski definition) is 4. The third-order valence-electron chi connectivity index (χ3n) is 4.60. The molecule has 0 radical (unpaired) electrons. The second kappa shape index (κ2) is 12.0. The van der Waals surface area contributed by atoms with E-state index in [4.69, 9.17) is 11.2 Å². The Morgan fingerprint density at radius 1 is 1.12 bits per heavy atom. The highest BCUT2D eigenvalue weighted by atomic mass is 32.1. The molecule has 0 fully saturated rings. The minimum atomic E-state index is -1.36. The Hall–Kier alpha value is -3.64. The highest BCUT2D eigenvalue weighted by Gasteiger charge is 2.36. The van der Waals surface area contributed by atoms with Crippen molar-refractivity contribution in [1.29, 1.82) is 0 Å². The third kappa shape index (κ3) is 7.46. The van der Waals surface area contributed by atoms with E-state index in [0.29, 0.717) is 0 Å². The number of ether oxygens (including phenoxy) is 1. The quantitative estimate of drug-likeness (QED) is 0.262. The van der Waals surface area contributed by atoms with Gasteiger partial charge in [-0.15, -0.1) is 0 Å². The summed E-state index contributed by atoms with van der Waals surface area (Å²) in [4.78, 5) is 39.6. The maximum Gasteiger partial charge on any atom is 0.408 e. The Labute approximate surface area is 205 Å². The highest BCUT2D eigenvalue weighted by molar-refractivity contribution is 7.80. The molecule has 0 saturated heterocycles. The van der Waals surface area contributed by atoms with Crippen LogP contribution in [0.3, 0.4) is 0 Å². The summed E-state index contributed by atoms with van der Waals surface area (Å²) in [5, 5.41) is 15.6. The molecule has 2 unspecified atom stereocenters. The summed E-state index contributed by atoms with van der Waals surface area (Å²) in [6.07, 6.45) is 4.83. The van der Waals surface area contributed by atoms with Gasteiger partial charge >= 0.3 is 6.09 Å². The van der Waals surface area contributed by atoms with E-state index < -0.39 is 35.6 Å². The number of nitrogens with zero attached hydrogens (tertiary/aromatic N) is 1. The lowest BCUT2D eigenvalue weighted by atomic mass is 10.0. The van der Waals surface area contributed by atoms with Gasteiger partial charge in [0.1, 0.15) is 17.4 Å². The van der Waals surface area contributed by atoms with Gasteiger partial charge in [-0.05, 0) is 32.4 Å². The van der Waals surface area contributed by atoms with Gasteiger partial charge in [0, 0.05) is 23.9 Å². The summed E-state index contributed by atoms with van der Waals surface area (Å²) < 4.78 is 5.21. The molecule has 0 bridgehead atoms. The van der Waals surface area contributed by atoms with Crippen molar-refractivity contribution in [3.63, 3.8) is 0 Å². The molecule has 2 rings (SSSR count). The molecule has 0 saturated carbocycles. The molecular weight excluding hydrogens is 454 g/mol. The Morgan fingerprint density at radius 2 is 1.74 bits per heavy atom. The smallest absolute Gasteiger partial charge is 0.408 e. The lowest BCUT2D eigenvalue weighted by molar-refractivity contribution is -0.138. The van der Waals surface area contributed by atoms with Crippen molar-refractivity contribution in [3.05, 3.63) is 65.7 Å². The van der Waals surface area contributed by atoms with E-state index in [1.54, 1.807) is 32.9 Å². The first kappa shape index (κ1) is 26.6. The first-order valence-corrected chi connectivity index (χ1v) is 11.2. The maximum absolute atomic E-state index is 13.3. The number of amides is 3. The van der Waals surface area contributed by atoms with Gasteiger partial charge in [0.15, 0.2) is 6.04 Å². The molecule has 2 aromatic carbocycles. The van der Waals surface area contributed by atoms with Crippen molar-refractivity contribution in [3.8, 4) is 18.2 Å². The van der Waals surface area contributed by atoms with Crippen LogP contribution in [0.4, 0.5) is 4.79 Å². The molecule has 8 nitrogen and oxygen atoms in total. The zero-order valence-corrected chi connectivity index (χ0v) is 20.2. The van der Waals surface area contributed by atoms with Crippen molar-refractivity contribution < 1.29 is 24.2 Å². The van der Waals surface area contributed by atoms with Crippen molar-refractivity contribution in [1.82, 2.24) is 15.5 Å². The van der Waals surface area contributed by atoms with Crippen LogP contribution in [0.2, 0.25) is 0 Å². The van der Waals surface area contributed by atoms with E-state index in [2.05, 4.69) is 29.3 Å². The molecule has 2 aromatic rings. The predicted molar refractivity (Wildman–Crippen MR) is 132 cm³/mol. The number of phenols is 1. The SMILES string of the molecule is C#CN(C(=O)C(CS)NC(=O)OC(C)(C)C)C(C(=O)NCc1ccccc1)c1ccccc1O. The molecule has 0 aliphatic carbocycles. The summed E-state index contributed by atoms with van der Waals surface area (Å²) in [6, 6.07) is 15.0. The number of terminal acetylenes is 1. The van der Waals surface area contributed by atoms with Crippen molar-refractivity contribution in [2.45, 2.75) is 45.0 Å². The Kier molecular flexibility index (Phi) is 9.39. The number of phenolic OH excluding ortho intramolecular Hbond substituents is 1. The Balaban J connectivity index is 2.33. The fourth-order valence-electron chi connectivity index (χ4n) is 3.07. The normalized spacial score (nSPS) is 12.6. The zero-order valence-electron chi connectivity index (χ0n) is 19.3. The molecule has 3 N–H and O–H groups in total. The predicted octanol–water partition coefficient (Wildman–Crippen LogP) is 2.99. The van der Waals surface area contributed by atoms with Crippen LogP contribution in [-0.4, -0.2) is 45.3 Å². The number of para-hydroxylation sites is 1. The second-order valence-corrected chi connectivity index (χ2v) is 8.75. The van der Waals surface area contributed by atoms with E-state index in [9.17, 15) is 19.5 Å². The maximum atomic E-state index is 13.3. The van der Waals surface area contributed by atoms with Crippen LogP contribution in [0.25, 0.3) is 0 Å². The average Bonchev–Trinajstić information content (AvgIpc) is 2.79. The summed E-state index contributed by atoms with van der Waals surface area (Å²) in [7, 11) is 0. The molecule has 0 aromatic heterocycles. The summed E-state index contributed by atoms with van der Waals surface area (Å²) in [5.74, 6) is -1.67. The first-order valence-electron chi connectivity index (χ1n) is 10.6. The lowest BCUT2D eigenvalue weighted by Gasteiger charge is -2.30. The number of rotatable bonds is 8. The van der Waals surface area contributed by atoms with Crippen molar-refractivity contribution in [2.75, 3.05) is 5.75 Å². The number of benzene rings is 2. The average molecular weight is 484 g/mol. The van der Waals surface area contributed by atoms with Gasteiger partial charge in [-0.2, -0.15) is 12.6 Å². The van der Waals surface area contributed by atoms with Gasteiger partial charge in [0.25, 0.3) is 5.91 Å². The van der Waals surface area contributed by atoms with Gasteiger partial charge in [-0.3, -0.25) is 14.5 Å². The molecule has 34 heavy (non-hydrogen) atoms. The minimum absolute atomic E-state index is 0.102. The van der Waals surface area contributed by atoms with Gasteiger partial charge < -0.3 is 20.5 Å². The number of carbonyl (C=O) groups excluding carboxylic acids is 3. The van der Waals surface area contributed by atoms with Crippen LogP contribution in [0.5, 0.6) is 5.75 Å². The molecule has 2 atom stereocenters. The number of hydrogen-bond acceptors (Lipinski definition) is 6. The lowest BCUT2D eigenvalue weighted by Crippen LogP contribution is -2.52. The summed E-state index contributed by atoms with van der Waals surface area (Å²) >= 11 is 4.16. The molecule has 0 aliphatic heterocycles. The number of nitrogens with one attached hydrogen (secondary N) is 2. The molecule has 9 heteroatoms. The van der Waals surface area contributed by atoms with E-state index in [-0.39, 0.29) is 23.6 Å². The number of thiol groups is 1. The van der Waals surface area contributed by atoms with Crippen LogP contribution in [0.15, 0.2) is 54.6 Å². The first-order chi connectivity index (χ1) is 16.1. The molecule has 0 spiro atoms. The zero-order chi connectivity index (χ0) is 25.3. The Morgan fingerprint density at radius 3 is 2.29 bits per heavy atom. The summed E-state index contributed by atoms with van der Waals surface area (Å²) in [5.41, 5.74) is 0.190. The highest BCUT2D eigenvalue weighted by Crippen LogP contribution is 2.29. The molecule has 0 heterocycles. The molecule has 180 valence electrons. The van der Waals surface area contributed by atoms with Crippen LogP contribution >= 0.6 is 12.6 Å². The summed E-state index contributed by atoms with van der Waals surface area (Å²) in [6.45, 7) is 5.23. The molecular formula is C25H29N3O5S. The number of carbonyl (C=O) groups is 3. The van der Waals surface area contributed by atoms with Crippen molar-refractivity contribution >= 4 is 30.5 Å². The minimum Gasteiger partial charge on any atom is -0.508 e. The van der Waals surface area contributed by atoms with E-state index >= 15 is 0 Å². The number of alkyl carbamates (subject to hydrolysis) is 1. The van der Waals surface area contributed by atoms with Gasteiger partial charge in [-0.25, -0.2) is 4.79 Å². The van der Waals surface area contributed by atoms with E-state index in [1.807, 2.05) is 30.3 Å². The largest absolute Gasteiger partial charge is 0.508 e. The second-order valence-electron chi connectivity index (χ2n) is 8.38. The fourth-order valence-corrected chi connectivity index (χ4v) is 3.31. The molecule has 0 aliphatic rings. The van der Waals surface area contributed by atoms with Gasteiger partial charge in [0.05, 0.1) is 0 Å². The number of aromatic hydroxyl groups is 1. The Bertz CT molecular complexity index is 1050. The standard InChI is InChI=1S/C25H29N3O5S/c1-5-28(23(31)19(16-34)27-24(32)33-25(2,3)4)21(18-13-9-10-14-20(18)29)22(30)26-15-17-11-7-6-8-12-17/h1,6-14,19,21,29,34H,15-16H2,2-4H3,(H,26,30)(H,27,32). The van der Waals surface area contributed by atoms with Crippen LogP contribution in [0.1, 0.15) is 37.9 Å². The van der Waals surface area contributed by atoms with Gasteiger partial charge in [0.2, 0.25) is 5.91 Å². The van der Waals surface area contributed by atoms with Crippen LogP contribution in [-0.2, 0) is 20.9 Å². The van der Waals surface area contributed by atoms with Gasteiger partial charge in [-0.1, -0.05) is 55.0 Å². The van der Waals surface area contributed by atoms with Crippen molar-refractivity contribution in [2.24, 2.45) is 0 Å². The van der Waals surface area contributed by atoms with Crippen LogP contribution < -0.4 is 10.6 Å². The van der Waals surface area contributed by atoms with E-state index in [0.717, 1.165) is 10.5 Å². The molecule has 3 amide bonds. The fraction of sp³-hybridized carbons (Fsp3) is 0.320. The third-order valence-corrected chi connectivity index (χ3v) is 4.96. The topological polar surface area (TPSA) is 108 Å². The van der Waals surface area contributed by atoms with E-state index in [1.165, 1.54) is 12.1 Å².